The first-order valence-corrected chi connectivity index (χ1v) is 14.0. The van der Waals surface area contributed by atoms with Crippen LogP contribution in [0.1, 0.15) is 55.3 Å². The summed E-state index contributed by atoms with van der Waals surface area (Å²) in [5, 5.41) is 0. The van der Waals surface area contributed by atoms with Gasteiger partial charge in [0.1, 0.15) is 5.60 Å². The largest absolute Gasteiger partial charge is 0.462 e. The summed E-state index contributed by atoms with van der Waals surface area (Å²) in [5.74, 6) is -0.674. The molecule has 198 valence electrons. The highest BCUT2D eigenvalue weighted by Crippen LogP contribution is 2.28. The molecular formula is C27H28Br2INO6. The van der Waals surface area contributed by atoms with Gasteiger partial charge in [-0.2, -0.15) is 0 Å². The van der Waals surface area contributed by atoms with E-state index in [0.29, 0.717) is 29.9 Å². The van der Waals surface area contributed by atoms with E-state index < -0.39 is 17.7 Å². The van der Waals surface area contributed by atoms with Crippen molar-refractivity contribution in [1.82, 2.24) is 4.57 Å². The Labute approximate surface area is 247 Å². The van der Waals surface area contributed by atoms with Crippen LogP contribution in [0.25, 0.3) is 11.1 Å². The van der Waals surface area contributed by atoms with Crippen LogP contribution in [-0.4, -0.2) is 41.4 Å². The van der Waals surface area contributed by atoms with Crippen LogP contribution in [0, 0.1) is 3.57 Å². The summed E-state index contributed by atoms with van der Waals surface area (Å²) < 4.78 is 19.3. The molecule has 0 saturated carbocycles. The van der Waals surface area contributed by atoms with Crippen LogP contribution >= 0.6 is 54.5 Å². The van der Waals surface area contributed by atoms with E-state index in [4.69, 9.17) is 14.2 Å². The number of carbonyl (C=O) groups excluding carboxylic acids is 3. The molecule has 37 heavy (non-hydrogen) atoms. The van der Waals surface area contributed by atoms with Crippen LogP contribution in [0.2, 0.25) is 0 Å². The highest BCUT2D eigenvalue weighted by Gasteiger charge is 2.20. The summed E-state index contributed by atoms with van der Waals surface area (Å²) in [4.78, 5) is 35.7. The maximum absolute atomic E-state index is 12.2. The number of hydrogen-bond donors (Lipinski definition) is 0. The SMILES string of the molecule is CCOC(=O)c1cc(Br)ccc1-c1ccn(C(=O)OC(C)(C)C)c1.CCOC(=O)c1cc(Br)ccc1I. The summed E-state index contributed by atoms with van der Waals surface area (Å²) in [7, 11) is 0. The molecule has 1 heterocycles. The van der Waals surface area contributed by atoms with Gasteiger partial charge >= 0.3 is 18.0 Å². The van der Waals surface area contributed by atoms with Crippen LogP contribution in [-0.2, 0) is 14.2 Å². The van der Waals surface area contributed by atoms with E-state index in [-0.39, 0.29) is 5.97 Å². The van der Waals surface area contributed by atoms with E-state index >= 15 is 0 Å². The summed E-state index contributed by atoms with van der Waals surface area (Å²) >= 11 is 8.78. The third-order valence-corrected chi connectivity index (χ3v) is 6.44. The van der Waals surface area contributed by atoms with Crippen LogP contribution in [0.4, 0.5) is 4.79 Å². The number of carbonyl (C=O) groups is 3. The van der Waals surface area contributed by atoms with Gasteiger partial charge in [0.25, 0.3) is 0 Å². The van der Waals surface area contributed by atoms with E-state index in [1.165, 1.54) is 4.57 Å². The monoisotopic (exact) mass is 747 g/mol. The fourth-order valence-corrected chi connectivity index (χ4v) is 4.27. The first-order chi connectivity index (χ1) is 17.4. The zero-order valence-corrected chi connectivity index (χ0v) is 26.5. The van der Waals surface area contributed by atoms with Gasteiger partial charge in [-0.1, -0.05) is 37.9 Å². The maximum Gasteiger partial charge on any atom is 0.418 e. The molecule has 10 heteroatoms. The lowest BCUT2D eigenvalue weighted by molar-refractivity contribution is 0.0516. The molecule has 2 aromatic carbocycles. The zero-order valence-electron chi connectivity index (χ0n) is 21.1. The van der Waals surface area contributed by atoms with E-state index in [1.54, 1.807) is 44.4 Å². The number of benzene rings is 2. The number of ether oxygens (including phenoxy) is 3. The fraction of sp³-hybridized carbons (Fsp3) is 0.296. The van der Waals surface area contributed by atoms with Gasteiger partial charge in [-0.05, 0) is 99.2 Å². The van der Waals surface area contributed by atoms with Gasteiger partial charge in [-0.3, -0.25) is 4.57 Å². The summed E-state index contributed by atoms with van der Waals surface area (Å²) in [5.41, 5.74) is 1.90. The molecule has 0 N–H and O–H groups in total. The molecule has 0 atom stereocenters. The molecule has 7 nitrogen and oxygen atoms in total. The van der Waals surface area contributed by atoms with Crippen molar-refractivity contribution < 1.29 is 28.6 Å². The lowest BCUT2D eigenvalue weighted by atomic mass is 10.0. The molecule has 0 aliphatic heterocycles. The minimum atomic E-state index is -0.574. The minimum absolute atomic E-state index is 0.270. The molecule has 0 spiro atoms. The van der Waals surface area contributed by atoms with Gasteiger partial charge in [0.05, 0.1) is 24.3 Å². The van der Waals surface area contributed by atoms with Crippen LogP contribution in [0.5, 0.6) is 0 Å². The Bertz CT molecular complexity index is 1270. The fourth-order valence-electron chi connectivity index (χ4n) is 2.99. The van der Waals surface area contributed by atoms with Crippen molar-refractivity contribution in [2.75, 3.05) is 13.2 Å². The smallest absolute Gasteiger partial charge is 0.418 e. The van der Waals surface area contributed by atoms with Gasteiger partial charge in [-0.25, -0.2) is 14.4 Å². The number of aromatic nitrogens is 1. The Morgan fingerprint density at radius 3 is 1.97 bits per heavy atom. The Kier molecular flexibility index (Phi) is 11.8. The molecule has 0 radical (unpaired) electrons. The van der Waals surface area contributed by atoms with E-state index in [9.17, 15) is 14.4 Å². The van der Waals surface area contributed by atoms with Gasteiger partial charge in [0.2, 0.25) is 0 Å². The highest BCUT2D eigenvalue weighted by atomic mass is 127. The maximum atomic E-state index is 12.2. The first-order valence-electron chi connectivity index (χ1n) is 11.4. The number of nitrogens with zero attached hydrogens (tertiary/aromatic N) is 1. The molecule has 3 aromatic rings. The minimum Gasteiger partial charge on any atom is -0.462 e. The van der Waals surface area contributed by atoms with Gasteiger partial charge < -0.3 is 14.2 Å². The predicted molar refractivity (Wildman–Crippen MR) is 158 cm³/mol. The molecule has 3 rings (SSSR count). The second-order valence-corrected chi connectivity index (χ2v) is 11.5. The van der Waals surface area contributed by atoms with E-state index in [1.807, 2.05) is 45.0 Å². The molecule has 0 aliphatic rings. The molecular weight excluding hydrogens is 721 g/mol. The molecule has 0 amide bonds. The van der Waals surface area contributed by atoms with Crippen molar-refractivity contribution in [2.45, 2.75) is 40.2 Å². The van der Waals surface area contributed by atoms with Crippen molar-refractivity contribution >= 4 is 72.5 Å². The predicted octanol–water partition coefficient (Wildman–Crippen LogP) is 8.11. The second kappa shape index (κ2) is 14.1. The summed E-state index contributed by atoms with van der Waals surface area (Å²) in [6.45, 7) is 9.68. The van der Waals surface area contributed by atoms with Crippen LogP contribution < -0.4 is 0 Å². The normalized spacial score (nSPS) is 10.7. The van der Waals surface area contributed by atoms with Gasteiger partial charge in [-0.15, -0.1) is 0 Å². The standard InChI is InChI=1S/C18H20BrNO4.C9H8BrIO2/c1-5-23-16(21)15-10-13(19)6-7-14(15)12-8-9-20(11-12)17(22)24-18(2,3)4;1-2-13-9(12)7-5-6(10)3-4-8(7)11/h6-11H,5H2,1-4H3;3-5H,2H2,1H3. The average molecular weight is 749 g/mol. The molecule has 0 fully saturated rings. The molecule has 0 aliphatic carbocycles. The van der Waals surface area contributed by atoms with Crippen molar-refractivity contribution in [3.05, 3.63) is 78.5 Å². The molecule has 0 saturated heterocycles. The lowest BCUT2D eigenvalue weighted by Crippen LogP contribution is -2.26. The average Bonchev–Trinajstić information content (AvgIpc) is 3.30. The molecule has 0 unspecified atom stereocenters. The quantitative estimate of drug-likeness (QED) is 0.149. The summed E-state index contributed by atoms with van der Waals surface area (Å²) in [6.07, 6.45) is 2.78. The molecule has 0 bridgehead atoms. The Hall–Kier alpha value is -2.18. The van der Waals surface area contributed by atoms with Crippen molar-refractivity contribution in [3.63, 3.8) is 0 Å². The summed E-state index contributed by atoms with van der Waals surface area (Å²) in [6, 6.07) is 12.6. The second-order valence-electron chi connectivity index (χ2n) is 8.54. The van der Waals surface area contributed by atoms with Gasteiger partial charge in [0.15, 0.2) is 0 Å². The highest BCUT2D eigenvalue weighted by molar-refractivity contribution is 14.1. The Morgan fingerprint density at radius 1 is 0.865 bits per heavy atom. The molecule has 1 aromatic heterocycles. The third-order valence-electron chi connectivity index (χ3n) is 4.51. The number of hydrogen-bond acceptors (Lipinski definition) is 6. The number of rotatable bonds is 5. The van der Waals surface area contributed by atoms with E-state index in [0.717, 1.165) is 18.1 Å². The van der Waals surface area contributed by atoms with E-state index in [2.05, 4.69) is 54.5 Å². The van der Waals surface area contributed by atoms with Gasteiger partial charge in [0, 0.05) is 30.5 Å². The first kappa shape index (κ1) is 31.0. The van der Waals surface area contributed by atoms with Crippen LogP contribution in [0.3, 0.4) is 0 Å². The lowest BCUT2D eigenvalue weighted by Gasteiger charge is -2.19. The Balaban J connectivity index is 0.000000312. The van der Waals surface area contributed by atoms with Crippen LogP contribution in [0.15, 0.2) is 63.8 Å². The topological polar surface area (TPSA) is 83.8 Å². The van der Waals surface area contributed by atoms with Crippen molar-refractivity contribution in [2.24, 2.45) is 0 Å². The van der Waals surface area contributed by atoms with Crippen molar-refractivity contribution in [1.29, 1.82) is 0 Å². The van der Waals surface area contributed by atoms with Crippen molar-refractivity contribution in [3.8, 4) is 11.1 Å². The third kappa shape index (κ3) is 9.57. The zero-order chi connectivity index (χ0) is 27.8. The number of esters is 2. The Morgan fingerprint density at radius 2 is 1.41 bits per heavy atom. The number of halogens is 3.